The number of hydrogen-bond acceptors (Lipinski definition) is 4. The van der Waals surface area contributed by atoms with E-state index in [1.165, 1.54) is 11.1 Å². The second kappa shape index (κ2) is 5.64. The Kier molecular flexibility index (Phi) is 3.34. The minimum absolute atomic E-state index is 0.203. The summed E-state index contributed by atoms with van der Waals surface area (Å²) in [5, 5.41) is 9.52. The normalized spacial score (nSPS) is 12.9. The molecule has 6 heteroatoms. The van der Waals surface area contributed by atoms with Gasteiger partial charge in [0, 0.05) is 11.8 Å². The molecule has 0 atom stereocenters. The predicted molar refractivity (Wildman–Crippen MR) is 86.0 cm³/mol. The van der Waals surface area contributed by atoms with Gasteiger partial charge in [-0.3, -0.25) is 20.2 Å². The van der Waals surface area contributed by atoms with E-state index in [0.29, 0.717) is 17.1 Å². The largest absolute Gasteiger partial charge is 0.289 e. The van der Waals surface area contributed by atoms with Crippen molar-refractivity contribution in [1.29, 1.82) is 0 Å². The van der Waals surface area contributed by atoms with Crippen LogP contribution in [0.4, 0.5) is 5.95 Å². The van der Waals surface area contributed by atoms with Gasteiger partial charge in [-0.05, 0) is 54.7 Å². The van der Waals surface area contributed by atoms with E-state index in [1.54, 1.807) is 6.20 Å². The van der Waals surface area contributed by atoms with Gasteiger partial charge in [-0.1, -0.05) is 12.1 Å². The Morgan fingerprint density at radius 2 is 2.04 bits per heavy atom. The van der Waals surface area contributed by atoms with Crippen molar-refractivity contribution in [2.45, 2.75) is 19.3 Å². The number of aromatic amines is 1. The number of carbonyl (C=O) groups excluding carboxylic acids is 1. The summed E-state index contributed by atoms with van der Waals surface area (Å²) in [7, 11) is 0. The fourth-order valence-electron chi connectivity index (χ4n) is 2.82. The van der Waals surface area contributed by atoms with Crippen molar-refractivity contribution in [3.8, 4) is 11.5 Å². The number of benzene rings is 1. The number of anilines is 1. The van der Waals surface area contributed by atoms with Crippen LogP contribution >= 0.6 is 0 Å². The third kappa shape index (κ3) is 2.70. The van der Waals surface area contributed by atoms with E-state index in [-0.39, 0.29) is 11.9 Å². The molecule has 0 saturated heterocycles. The summed E-state index contributed by atoms with van der Waals surface area (Å²) >= 11 is 0. The van der Waals surface area contributed by atoms with Crippen LogP contribution in [0, 0.1) is 0 Å². The number of pyridine rings is 1. The van der Waals surface area contributed by atoms with E-state index in [9.17, 15) is 4.79 Å². The average molecular weight is 305 g/mol. The van der Waals surface area contributed by atoms with Crippen molar-refractivity contribution in [1.82, 2.24) is 20.2 Å². The van der Waals surface area contributed by atoms with Gasteiger partial charge < -0.3 is 0 Å². The first-order chi connectivity index (χ1) is 11.3. The zero-order valence-electron chi connectivity index (χ0n) is 12.4. The number of fused-ring (bicyclic) bond motifs is 1. The molecule has 1 amide bonds. The standard InChI is InChI=1S/C17H15N5O/c23-16(13-8-7-11-4-3-5-12(11)10-13)20-17-19-15(21-22-17)14-6-1-2-9-18-14/h1-2,6-10H,3-5H2,(H2,19,20,21,22,23). The molecule has 1 aliphatic rings. The van der Waals surface area contributed by atoms with Crippen molar-refractivity contribution in [2.75, 3.05) is 5.32 Å². The fourth-order valence-corrected chi connectivity index (χ4v) is 2.82. The Hall–Kier alpha value is -3.02. The molecular formula is C17H15N5O. The van der Waals surface area contributed by atoms with E-state index in [4.69, 9.17) is 0 Å². The first-order valence-electron chi connectivity index (χ1n) is 7.56. The number of carbonyl (C=O) groups is 1. The molecule has 0 bridgehead atoms. The maximum absolute atomic E-state index is 12.3. The zero-order valence-corrected chi connectivity index (χ0v) is 12.4. The molecule has 6 nitrogen and oxygen atoms in total. The summed E-state index contributed by atoms with van der Waals surface area (Å²) in [6.07, 6.45) is 4.99. The molecule has 0 radical (unpaired) electrons. The van der Waals surface area contributed by atoms with Crippen LogP contribution in [0.15, 0.2) is 42.6 Å². The highest BCUT2D eigenvalue weighted by atomic mass is 16.1. The van der Waals surface area contributed by atoms with E-state index in [1.807, 2.05) is 36.4 Å². The van der Waals surface area contributed by atoms with Gasteiger partial charge in [0.2, 0.25) is 5.95 Å². The van der Waals surface area contributed by atoms with Crippen LogP contribution in [0.5, 0.6) is 0 Å². The highest BCUT2D eigenvalue weighted by molar-refractivity contribution is 6.03. The minimum Gasteiger partial charge on any atom is -0.289 e. The Labute approximate surface area is 133 Å². The summed E-state index contributed by atoms with van der Waals surface area (Å²) in [5.41, 5.74) is 3.92. The van der Waals surface area contributed by atoms with Crippen molar-refractivity contribution in [3.63, 3.8) is 0 Å². The molecule has 0 unspecified atom stereocenters. The average Bonchev–Trinajstić information content (AvgIpc) is 3.24. The zero-order chi connectivity index (χ0) is 15.6. The molecule has 2 aromatic heterocycles. The van der Waals surface area contributed by atoms with Crippen molar-refractivity contribution < 1.29 is 4.79 Å². The molecule has 2 N–H and O–H groups in total. The predicted octanol–water partition coefficient (Wildman–Crippen LogP) is 2.61. The van der Waals surface area contributed by atoms with Gasteiger partial charge in [-0.15, -0.1) is 5.10 Å². The van der Waals surface area contributed by atoms with Gasteiger partial charge in [0.15, 0.2) is 5.82 Å². The van der Waals surface area contributed by atoms with Gasteiger partial charge in [0.05, 0.1) is 0 Å². The maximum atomic E-state index is 12.3. The lowest BCUT2D eigenvalue weighted by atomic mass is 10.1. The molecule has 1 aromatic carbocycles. The summed E-state index contributed by atoms with van der Waals surface area (Å²) in [6.45, 7) is 0. The van der Waals surface area contributed by atoms with Crippen LogP contribution in [0.3, 0.4) is 0 Å². The number of amides is 1. The Morgan fingerprint density at radius 3 is 2.91 bits per heavy atom. The topological polar surface area (TPSA) is 83.6 Å². The number of H-pyrrole nitrogens is 1. The third-order valence-electron chi connectivity index (χ3n) is 3.98. The second-order valence-electron chi connectivity index (χ2n) is 5.51. The number of aryl methyl sites for hydroxylation is 2. The molecule has 0 aliphatic heterocycles. The lowest BCUT2D eigenvalue weighted by Gasteiger charge is -2.04. The van der Waals surface area contributed by atoms with E-state index >= 15 is 0 Å². The molecule has 114 valence electrons. The smallest absolute Gasteiger partial charge is 0.258 e. The van der Waals surface area contributed by atoms with Gasteiger partial charge in [-0.25, -0.2) is 0 Å². The van der Waals surface area contributed by atoms with Gasteiger partial charge in [0.1, 0.15) is 5.69 Å². The Morgan fingerprint density at radius 1 is 1.13 bits per heavy atom. The number of hydrogen-bond donors (Lipinski definition) is 2. The second-order valence-corrected chi connectivity index (χ2v) is 5.51. The van der Waals surface area contributed by atoms with Crippen LogP contribution in [-0.2, 0) is 12.8 Å². The monoisotopic (exact) mass is 305 g/mol. The number of nitrogens with one attached hydrogen (secondary N) is 2. The first kappa shape index (κ1) is 13.6. The molecule has 3 aromatic rings. The first-order valence-corrected chi connectivity index (χ1v) is 7.56. The highest BCUT2D eigenvalue weighted by Gasteiger charge is 2.15. The molecule has 0 fully saturated rings. The lowest BCUT2D eigenvalue weighted by molar-refractivity contribution is 0.102. The van der Waals surface area contributed by atoms with Crippen LogP contribution in [0.25, 0.3) is 11.5 Å². The van der Waals surface area contributed by atoms with Gasteiger partial charge in [0.25, 0.3) is 5.91 Å². The quantitative estimate of drug-likeness (QED) is 0.779. The third-order valence-corrected chi connectivity index (χ3v) is 3.98. The molecule has 2 heterocycles. The van der Waals surface area contributed by atoms with E-state index in [2.05, 4.69) is 25.5 Å². The van der Waals surface area contributed by atoms with Crippen molar-refractivity contribution in [2.24, 2.45) is 0 Å². The van der Waals surface area contributed by atoms with Gasteiger partial charge >= 0.3 is 0 Å². The Balaban J connectivity index is 1.52. The summed E-state index contributed by atoms with van der Waals surface area (Å²) < 4.78 is 0. The Bertz CT molecular complexity index is 856. The summed E-state index contributed by atoms with van der Waals surface area (Å²) in [4.78, 5) is 20.8. The summed E-state index contributed by atoms with van der Waals surface area (Å²) in [5.74, 6) is 0.567. The number of nitrogens with zero attached hydrogens (tertiary/aromatic N) is 3. The molecular weight excluding hydrogens is 290 g/mol. The van der Waals surface area contributed by atoms with Gasteiger partial charge in [-0.2, -0.15) is 4.98 Å². The molecule has 4 rings (SSSR count). The van der Waals surface area contributed by atoms with Crippen LogP contribution in [0.2, 0.25) is 0 Å². The van der Waals surface area contributed by atoms with E-state index < -0.39 is 0 Å². The van der Waals surface area contributed by atoms with Crippen LogP contribution in [-0.4, -0.2) is 26.1 Å². The summed E-state index contributed by atoms with van der Waals surface area (Å²) in [6, 6.07) is 11.4. The van der Waals surface area contributed by atoms with E-state index in [0.717, 1.165) is 19.3 Å². The SMILES string of the molecule is O=C(Nc1n[nH]c(-c2ccccn2)n1)c1ccc2c(c1)CCC2. The highest BCUT2D eigenvalue weighted by Crippen LogP contribution is 2.23. The minimum atomic E-state index is -0.203. The maximum Gasteiger partial charge on any atom is 0.258 e. The lowest BCUT2D eigenvalue weighted by Crippen LogP contribution is -2.13. The molecule has 23 heavy (non-hydrogen) atoms. The fraction of sp³-hybridized carbons (Fsp3) is 0.176. The molecule has 0 spiro atoms. The van der Waals surface area contributed by atoms with Crippen LogP contribution in [0.1, 0.15) is 27.9 Å². The molecule has 1 aliphatic carbocycles. The van der Waals surface area contributed by atoms with Crippen LogP contribution < -0.4 is 5.32 Å². The molecule has 0 saturated carbocycles. The number of aromatic nitrogens is 4. The number of rotatable bonds is 3. The van der Waals surface area contributed by atoms with Crippen molar-refractivity contribution in [3.05, 3.63) is 59.3 Å². The van der Waals surface area contributed by atoms with Crippen molar-refractivity contribution >= 4 is 11.9 Å².